The van der Waals surface area contributed by atoms with Crippen molar-refractivity contribution in [2.24, 2.45) is 0 Å². The van der Waals surface area contributed by atoms with Crippen molar-refractivity contribution < 1.29 is 23.9 Å². The molecule has 46 heavy (non-hydrogen) atoms. The van der Waals surface area contributed by atoms with E-state index in [1.807, 2.05) is 42.5 Å². The quantitative estimate of drug-likeness (QED) is 0.0715. The number of ether oxygens (including phenoxy) is 1. The Morgan fingerprint density at radius 3 is 2.33 bits per heavy atom. The van der Waals surface area contributed by atoms with Crippen LogP contribution < -0.4 is 16.0 Å². The van der Waals surface area contributed by atoms with Crippen LogP contribution in [0.1, 0.15) is 62.9 Å². The number of carbonyl (C=O) groups is 4. The van der Waals surface area contributed by atoms with Gasteiger partial charge in [0.2, 0.25) is 5.91 Å². The predicted octanol–water partition coefficient (Wildman–Crippen LogP) is 7.33. The molecular formula is C36H35N3O5S2. The second-order valence-corrected chi connectivity index (χ2v) is 13.3. The number of thioether (sulfide) groups is 1. The number of benzene rings is 3. The van der Waals surface area contributed by atoms with Gasteiger partial charge in [-0.15, -0.1) is 23.1 Å². The van der Waals surface area contributed by atoms with Crippen molar-refractivity contribution in [3.05, 3.63) is 118 Å². The number of anilines is 2. The number of esters is 1. The Hall–Kier alpha value is -4.67. The van der Waals surface area contributed by atoms with Gasteiger partial charge in [-0.1, -0.05) is 61.0 Å². The standard InChI is InChI=1S/C36H35N3O5S2/c1-23(32(40)39-35-31(36(43)44-2)28-19-10-5-11-20-30(28)46-35)45-27-18-12-17-26(22-27)37-34(42)29(21-24-13-6-3-7-14-24)38-33(41)25-15-8-4-9-16-25/h3-4,6-9,12-18,21-23H,5,10-11,19-20H2,1-2H3,(H,37,42)(H,38,41)(H,39,40)/b29-21-. The van der Waals surface area contributed by atoms with Gasteiger partial charge in [-0.25, -0.2) is 4.79 Å². The molecule has 0 fully saturated rings. The van der Waals surface area contributed by atoms with Crippen LogP contribution in [0.15, 0.2) is 95.5 Å². The average molecular weight is 654 g/mol. The molecule has 1 aliphatic carbocycles. The highest BCUT2D eigenvalue weighted by atomic mass is 32.2. The van der Waals surface area contributed by atoms with Gasteiger partial charge in [-0.2, -0.15) is 0 Å². The zero-order valence-electron chi connectivity index (χ0n) is 25.6. The molecule has 0 radical (unpaired) electrons. The van der Waals surface area contributed by atoms with E-state index in [0.29, 0.717) is 21.8 Å². The molecule has 1 unspecified atom stereocenters. The summed E-state index contributed by atoms with van der Waals surface area (Å²) in [6.45, 7) is 1.79. The highest BCUT2D eigenvalue weighted by Gasteiger charge is 2.27. The largest absolute Gasteiger partial charge is 0.465 e. The van der Waals surface area contributed by atoms with Crippen LogP contribution in [0.3, 0.4) is 0 Å². The lowest BCUT2D eigenvalue weighted by Gasteiger charge is -2.14. The van der Waals surface area contributed by atoms with Crippen LogP contribution in [-0.4, -0.2) is 36.1 Å². The highest BCUT2D eigenvalue weighted by Crippen LogP contribution is 2.38. The van der Waals surface area contributed by atoms with Crippen LogP contribution in [0.4, 0.5) is 10.7 Å². The topological polar surface area (TPSA) is 114 Å². The Morgan fingerprint density at radius 2 is 1.59 bits per heavy atom. The van der Waals surface area contributed by atoms with Crippen LogP contribution in [0.5, 0.6) is 0 Å². The van der Waals surface area contributed by atoms with Gasteiger partial charge in [0, 0.05) is 21.0 Å². The fourth-order valence-electron chi connectivity index (χ4n) is 5.12. The number of nitrogens with one attached hydrogen (secondary N) is 3. The first-order chi connectivity index (χ1) is 22.3. The Balaban J connectivity index is 1.28. The zero-order valence-corrected chi connectivity index (χ0v) is 27.3. The molecule has 10 heteroatoms. The molecule has 0 saturated heterocycles. The van der Waals surface area contributed by atoms with Gasteiger partial charge >= 0.3 is 5.97 Å². The van der Waals surface area contributed by atoms with Gasteiger partial charge in [-0.3, -0.25) is 14.4 Å². The van der Waals surface area contributed by atoms with Crippen LogP contribution in [-0.2, 0) is 27.2 Å². The van der Waals surface area contributed by atoms with Gasteiger partial charge in [0.15, 0.2) is 0 Å². The van der Waals surface area contributed by atoms with E-state index in [0.717, 1.165) is 53.0 Å². The fourth-order valence-corrected chi connectivity index (χ4v) is 7.33. The lowest BCUT2D eigenvalue weighted by Crippen LogP contribution is -2.30. The molecule has 0 spiro atoms. The first-order valence-corrected chi connectivity index (χ1v) is 16.8. The van der Waals surface area contributed by atoms with Gasteiger partial charge in [0.05, 0.1) is 17.9 Å². The molecule has 236 valence electrons. The van der Waals surface area contributed by atoms with Crippen molar-refractivity contribution in [3.63, 3.8) is 0 Å². The minimum atomic E-state index is -0.503. The predicted molar refractivity (Wildman–Crippen MR) is 184 cm³/mol. The minimum absolute atomic E-state index is 0.0848. The molecule has 1 aliphatic rings. The molecule has 1 aromatic heterocycles. The van der Waals surface area contributed by atoms with Crippen molar-refractivity contribution >= 4 is 63.6 Å². The van der Waals surface area contributed by atoms with Crippen molar-refractivity contribution in [1.29, 1.82) is 0 Å². The Morgan fingerprint density at radius 1 is 0.870 bits per heavy atom. The fraction of sp³-hybridized carbons (Fsp3) is 0.222. The second-order valence-electron chi connectivity index (χ2n) is 10.8. The number of hydrogen-bond acceptors (Lipinski definition) is 7. The molecular weight excluding hydrogens is 619 g/mol. The van der Waals surface area contributed by atoms with Crippen molar-refractivity contribution in [2.45, 2.75) is 49.2 Å². The second kappa shape index (κ2) is 15.6. The summed E-state index contributed by atoms with van der Waals surface area (Å²) in [6.07, 6.45) is 6.48. The number of carbonyl (C=O) groups excluding carboxylic acids is 4. The SMILES string of the molecule is COC(=O)c1c(NC(=O)C(C)Sc2cccc(NC(=O)/C(=C/c3ccccc3)NC(=O)c3ccccc3)c2)sc2c1CCCCC2. The van der Waals surface area contributed by atoms with E-state index in [2.05, 4.69) is 16.0 Å². The summed E-state index contributed by atoms with van der Waals surface area (Å²) in [5.41, 5.74) is 3.24. The van der Waals surface area contributed by atoms with E-state index < -0.39 is 23.0 Å². The third kappa shape index (κ3) is 8.32. The zero-order chi connectivity index (χ0) is 32.5. The number of thiophene rings is 1. The Bertz CT molecular complexity index is 1750. The first kappa shape index (κ1) is 32.7. The number of aryl methyl sites for hydroxylation is 1. The smallest absolute Gasteiger partial charge is 0.341 e. The number of rotatable bonds is 10. The van der Waals surface area contributed by atoms with E-state index >= 15 is 0 Å². The molecule has 3 N–H and O–H groups in total. The average Bonchev–Trinajstić information content (AvgIpc) is 3.24. The molecule has 4 aromatic rings. The number of fused-ring (bicyclic) bond motifs is 1. The van der Waals surface area contributed by atoms with E-state index in [1.165, 1.54) is 30.2 Å². The molecule has 0 aliphatic heterocycles. The summed E-state index contributed by atoms with van der Waals surface area (Å²) in [5, 5.41) is 8.63. The van der Waals surface area contributed by atoms with Gasteiger partial charge < -0.3 is 20.7 Å². The maximum atomic E-state index is 13.4. The summed E-state index contributed by atoms with van der Waals surface area (Å²) in [7, 11) is 1.36. The lowest BCUT2D eigenvalue weighted by atomic mass is 10.1. The monoisotopic (exact) mass is 653 g/mol. The van der Waals surface area contributed by atoms with Crippen LogP contribution >= 0.6 is 23.1 Å². The summed E-state index contributed by atoms with van der Waals surface area (Å²) >= 11 is 2.79. The molecule has 0 bridgehead atoms. The van der Waals surface area contributed by atoms with Gasteiger partial charge in [0.1, 0.15) is 10.7 Å². The van der Waals surface area contributed by atoms with E-state index in [9.17, 15) is 19.2 Å². The van der Waals surface area contributed by atoms with E-state index in [1.54, 1.807) is 55.5 Å². The minimum Gasteiger partial charge on any atom is -0.465 e. The summed E-state index contributed by atoms with van der Waals surface area (Å²) < 4.78 is 5.07. The third-order valence-corrected chi connectivity index (χ3v) is 9.76. The van der Waals surface area contributed by atoms with Gasteiger partial charge in [-0.05, 0) is 80.1 Å². The maximum absolute atomic E-state index is 13.4. The normalized spacial score (nSPS) is 13.5. The van der Waals surface area contributed by atoms with Crippen LogP contribution in [0.25, 0.3) is 6.08 Å². The molecule has 8 nitrogen and oxygen atoms in total. The third-order valence-electron chi connectivity index (χ3n) is 7.46. The molecule has 3 aromatic carbocycles. The number of amides is 3. The maximum Gasteiger partial charge on any atom is 0.341 e. The van der Waals surface area contributed by atoms with Crippen molar-refractivity contribution in [2.75, 3.05) is 17.7 Å². The molecule has 3 amide bonds. The van der Waals surface area contributed by atoms with E-state index in [4.69, 9.17) is 4.74 Å². The summed E-state index contributed by atoms with van der Waals surface area (Å²) in [5.74, 6) is -1.56. The number of methoxy groups -OCH3 is 1. The van der Waals surface area contributed by atoms with Crippen LogP contribution in [0, 0.1) is 0 Å². The van der Waals surface area contributed by atoms with Crippen LogP contribution in [0.2, 0.25) is 0 Å². The molecule has 5 rings (SSSR count). The summed E-state index contributed by atoms with van der Waals surface area (Å²) in [4.78, 5) is 54.3. The molecule has 1 heterocycles. The van der Waals surface area contributed by atoms with Crippen molar-refractivity contribution in [1.82, 2.24) is 5.32 Å². The number of hydrogen-bond donors (Lipinski definition) is 3. The summed E-state index contributed by atoms with van der Waals surface area (Å²) in [6, 6.07) is 25.1. The first-order valence-electron chi connectivity index (χ1n) is 15.1. The Labute approximate surface area is 276 Å². The molecule has 0 saturated carbocycles. The molecule has 1 atom stereocenters. The van der Waals surface area contributed by atoms with Crippen molar-refractivity contribution in [3.8, 4) is 0 Å². The van der Waals surface area contributed by atoms with Gasteiger partial charge in [0.25, 0.3) is 11.8 Å². The lowest BCUT2D eigenvalue weighted by molar-refractivity contribution is -0.115. The Kier molecular flexibility index (Phi) is 11.1. The highest BCUT2D eigenvalue weighted by molar-refractivity contribution is 8.00. The van der Waals surface area contributed by atoms with E-state index in [-0.39, 0.29) is 11.6 Å².